The molecule has 1 unspecified atom stereocenters. The van der Waals surface area contributed by atoms with Gasteiger partial charge < -0.3 is 35.2 Å². The van der Waals surface area contributed by atoms with Crippen LogP contribution in [0.25, 0.3) is 32.8 Å². The van der Waals surface area contributed by atoms with Gasteiger partial charge in [-0.1, -0.05) is 29.4 Å². The lowest BCUT2D eigenvalue weighted by Gasteiger charge is -2.26. The number of nitrogens with zero attached hydrogens (tertiary/aromatic N) is 11. The summed E-state index contributed by atoms with van der Waals surface area (Å²) < 4.78 is 116. The van der Waals surface area contributed by atoms with Gasteiger partial charge in [-0.05, 0) is 28.0 Å². The monoisotopic (exact) mass is 938 g/mol. The first kappa shape index (κ1) is 45.0. The van der Waals surface area contributed by atoms with Gasteiger partial charge in [0.15, 0.2) is 53.8 Å². The van der Waals surface area contributed by atoms with Gasteiger partial charge in [-0.2, -0.15) is 0 Å². The topological polar surface area (TPSA) is 305 Å². The fourth-order valence-corrected chi connectivity index (χ4v) is 11.0. The zero-order chi connectivity index (χ0) is 43.9. The van der Waals surface area contributed by atoms with Gasteiger partial charge >= 0.3 is 15.1 Å². The number of halogens is 2. The molecule has 10 atom stereocenters. The largest absolute Gasteiger partial charge is 0.697 e. The Labute approximate surface area is 360 Å². The van der Waals surface area contributed by atoms with Crippen LogP contribution in [0.5, 0.6) is 0 Å². The molecule has 0 saturated carbocycles. The third kappa shape index (κ3) is 10.4. The van der Waals surface area contributed by atoms with Crippen molar-refractivity contribution in [2.45, 2.75) is 61.6 Å². The van der Waals surface area contributed by atoms with E-state index in [1.165, 1.54) is 34.4 Å². The molecule has 0 amide bonds. The normalized spacial score (nSPS) is 28.3. The molecule has 0 bridgehead atoms. The molecule has 4 N–H and O–H groups in total. The molecule has 0 spiro atoms. The average molecular weight is 939 g/mol. The van der Waals surface area contributed by atoms with Gasteiger partial charge in [0.25, 0.3) is 0 Å². The van der Waals surface area contributed by atoms with Crippen LogP contribution in [0.3, 0.4) is 0 Å². The Hall–Kier alpha value is -4.59. The highest BCUT2D eigenvalue weighted by molar-refractivity contribution is 8.54. The minimum atomic E-state index is -4.44. The summed E-state index contributed by atoms with van der Waals surface area (Å²) in [6, 6.07) is 7.25. The zero-order valence-electron chi connectivity index (χ0n) is 32.9. The summed E-state index contributed by atoms with van der Waals surface area (Å²) in [4.78, 5) is 27.2. The molecule has 5 aromatic rings. The van der Waals surface area contributed by atoms with Crippen molar-refractivity contribution in [3.63, 3.8) is 0 Å². The van der Waals surface area contributed by atoms with Gasteiger partial charge in [-0.3, -0.25) is 18.2 Å². The second-order valence-corrected chi connectivity index (χ2v) is 18.9. The SMILES string of the molecule is [N-]=[N+]=NCCOCCOCCOCc1ccc(CS[P@]2(=O)OC[C@H]3O[C@@H](n4cnc5c(N)ncnc54)[C@H](F)[C@@H]3O[P+](=O)OC[C@H]3O[C@@H](n4cnc5c(N)ncnc54)[C@H](F)[C@@H]3O2)cc1. The van der Waals surface area contributed by atoms with Gasteiger partial charge in [0.2, 0.25) is 0 Å². The standard InChI is InChI=1S/C34H40F2N13O11P2S/c35-23-27-22(58-33(23)48-17-44-25-29(37)40-15-42-31(25)48)13-56-62(51,63-14-20-3-1-19(2-4-20)11-54-10-9-53-8-7-52-6-5-46-47-39)60-28-21(12-55-61(50)59-27)57-34(24(28)36)49-18-45-26-30(38)41-16-43-32(26)49/h1-4,15-18,21-24,27-28,33-34H,5-14H2,(H2,37,40,42)(H2,38,41,43)/q+1/t21-,22-,23-,24-,27-,28-,33-,34-,62-/m1/s1. The second-order valence-electron chi connectivity index (χ2n) is 13.9. The van der Waals surface area contributed by atoms with E-state index in [4.69, 9.17) is 58.8 Å². The summed E-state index contributed by atoms with van der Waals surface area (Å²) in [6.45, 7) is -3.41. The second kappa shape index (κ2) is 20.5. The molecule has 29 heteroatoms. The molecule has 8 rings (SSSR count). The molecule has 24 nitrogen and oxygen atoms in total. The molecular weight excluding hydrogens is 898 g/mol. The van der Waals surface area contributed by atoms with Crippen LogP contribution >= 0.6 is 26.4 Å². The van der Waals surface area contributed by atoms with Crippen molar-refractivity contribution in [3.05, 3.63) is 71.1 Å². The van der Waals surface area contributed by atoms with Crippen molar-refractivity contribution in [3.8, 4) is 0 Å². The van der Waals surface area contributed by atoms with Crippen molar-refractivity contribution in [2.75, 3.05) is 64.3 Å². The molecule has 0 radical (unpaired) electrons. The minimum absolute atomic E-state index is 0.0477. The highest BCUT2D eigenvalue weighted by Crippen LogP contribution is 2.64. The number of azide groups is 1. The Morgan fingerprint density at radius 3 is 2.03 bits per heavy atom. The first-order valence-corrected chi connectivity index (χ1v) is 23.5. The zero-order valence-corrected chi connectivity index (χ0v) is 35.5. The number of alkyl halides is 2. The highest BCUT2D eigenvalue weighted by atomic mass is 32.7. The molecule has 336 valence electrons. The average Bonchev–Trinajstić information content (AvgIpc) is 4.05. The van der Waals surface area contributed by atoms with Gasteiger partial charge in [-0.25, -0.2) is 43.2 Å². The number of hydrogen-bond acceptors (Lipinski definition) is 21. The Bertz CT molecular complexity index is 2470. The number of benzene rings is 1. The fourth-order valence-electron chi connectivity index (χ4n) is 6.81. The first-order chi connectivity index (χ1) is 30.6. The van der Waals surface area contributed by atoms with E-state index in [2.05, 4.69) is 39.9 Å². The number of aromatic nitrogens is 8. The molecule has 1 aromatic carbocycles. The lowest BCUT2D eigenvalue weighted by Crippen LogP contribution is -2.36. The van der Waals surface area contributed by atoms with Crippen LogP contribution in [0.2, 0.25) is 0 Å². The van der Waals surface area contributed by atoms with Crippen molar-refractivity contribution in [1.82, 2.24) is 39.0 Å². The molecule has 3 saturated heterocycles. The Morgan fingerprint density at radius 1 is 0.825 bits per heavy atom. The number of rotatable bonds is 16. The number of nitrogens with two attached hydrogens (primary N) is 2. The van der Waals surface area contributed by atoms with E-state index in [9.17, 15) is 9.13 Å². The van der Waals surface area contributed by atoms with E-state index < -0.39 is 77.5 Å². The van der Waals surface area contributed by atoms with Crippen LogP contribution < -0.4 is 11.5 Å². The predicted octanol–water partition coefficient (Wildman–Crippen LogP) is 4.68. The quantitative estimate of drug-likeness (QED) is 0.0446. The lowest BCUT2D eigenvalue weighted by molar-refractivity contribution is -0.0539. The van der Waals surface area contributed by atoms with Crippen LogP contribution in [0.4, 0.5) is 20.4 Å². The molecule has 3 fully saturated rings. The maximum Gasteiger partial charge on any atom is 0.697 e. The first-order valence-electron chi connectivity index (χ1n) is 19.2. The number of imidazole rings is 2. The Morgan fingerprint density at radius 2 is 1.40 bits per heavy atom. The smallest absolute Gasteiger partial charge is 0.382 e. The molecule has 7 heterocycles. The molecule has 3 aliphatic heterocycles. The molecule has 3 aliphatic rings. The van der Waals surface area contributed by atoms with E-state index in [0.29, 0.717) is 45.2 Å². The third-order valence-corrected chi connectivity index (χ3v) is 14.3. The summed E-state index contributed by atoms with van der Waals surface area (Å²) in [5, 5.41) is 3.39. The van der Waals surface area contributed by atoms with Crippen LogP contribution in [-0.4, -0.2) is 129 Å². The summed E-state index contributed by atoms with van der Waals surface area (Å²) in [5.74, 6) is 0.156. The maximum atomic E-state index is 16.7. The van der Waals surface area contributed by atoms with Crippen molar-refractivity contribution in [2.24, 2.45) is 5.11 Å². The van der Waals surface area contributed by atoms with Crippen molar-refractivity contribution >= 4 is 60.4 Å². The fraction of sp³-hybridized carbons (Fsp3) is 0.529. The number of fused-ring (bicyclic) bond motifs is 4. The molecule has 63 heavy (non-hydrogen) atoms. The number of ether oxygens (including phenoxy) is 5. The summed E-state index contributed by atoms with van der Waals surface area (Å²) in [6.07, 6.45) is -7.99. The van der Waals surface area contributed by atoms with Gasteiger partial charge in [0.1, 0.15) is 48.6 Å². The molecule has 0 aliphatic carbocycles. The predicted molar refractivity (Wildman–Crippen MR) is 217 cm³/mol. The molecular formula is C34H40F2N13O11P2S+. The van der Waals surface area contributed by atoms with Crippen molar-refractivity contribution < 1.29 is 59.7 Å². The van der Waals surface area contributed by atoms with Crippen LogP contribution in [-0.2, 0) is 63.3 Å². The maximum absolute atomic E-state index is 16.7. The Balaban J connectivity index is 0.969. The number of anilines is 2. The van der Waals surface area contributed by atoms with Crippen LogP contribution in [0.15, 0.2) is 54.7 Å². The summed E-state index contributed by atoms with van der Waals surface area (Å²) in [7, 11) is -3.08. The summed E-state index contributed by atoms with van der Waals surface area (Å²) >= 11 is 0.756. The van der Waals surface area contributed by atoms with E-state index >= 15 is 8.78 Å². The van der Waals surface area contributed by atoms with E-state index in [-0.39, 0.29) is 46.3 Å². The third-order valence-electron chi connectivity index (χ3n) is 9.88. The van der Waals surface area contributed by atoms with Crippen LogP contribution in [0.1, 0.15) is 23.6 Å². The van der Waals surface area contributed by atoms with E-state index in [0.717, 1.165) is 16.9 Å². The minimum Gasteiger partial charge on any atom is -0.382 e. The van der Waals surface area contributed by atoms with Gasteiger partial charge in [0.05, 0.1) is 58.9 Å². The lowest BCUT2D eigenvalue weighted by atomic mass is 10.1. The van der Waals surface area contributed by atoms with Crippen molar-refractivity contribution in [1.29, 1.82) is 0 Å². The number of hydrogen-bond donors (Lipinski definition) is 2. The number of nitrogen functional groups attached to an aromatic ring is 2. The van der Waals surface area contributed by atoms with E-state index in [1.807, 2.05) is 12.1 Å². The van der Waals surface area contributed by atoms with Crippen LogP contribution in [0, 0.1) is 0 Å². The van der Waals surface area contributed by atoms with E-state index in [1.54, 1.807) is 12.1 Å². The molecule has 4 aromatic heterocycles. The summed E-state index contributed by atoms with van der Waals surface area (Å²) in [5.41, 5.74) is 22.4. The highest BCUT2D eigenvalue weighted by Gasteiger charge is 2.56. The van der Waals surface area contributed by atoms with Gasteiger partial charge in [-0.15, -0.1) is 9.05 Å². The Kier molecular flexibility index (Phi) is 14.6. The van der Waals surface area contributed by atoms with Gasteiger partial charge in [0, 0.05) is 21.8 Å².